The topological polar surface area (TPSA) is 104 Å². The Balaban J connectivity index is 2.90. The molecule has 0 aliphatic heterocycles. The van der Waals surface area contributed by atoms with Crippen LogP contribution in [0.25, 0.3) is 0 Å². The summed E-state index contributed by atoms with van der Waals surface area (Å²) in [5.74, 6) is -0.833. The van der Waals surface area contributed by atoms with E-state index in [-0.39, 0.29) is 17.2 Å². The van der Waals surface area contributed by atoms with Crippen LogP contribution in [0.4, 0.5) is 5.69 Å². The van der Waals surface area contributed by atoms with Gasteiger partial charge in [-0.2, -0.15) is 0 Å². The van der Waals surface area contributed by atoms with Crippen LogP contribution in [0.2, 0.25) is 0 Å². The molecule has 21 heavy (non-hydrogen) atoms. The van der Waals surface area contributed by atoms with Crippen molar-refractivity contribution in [3.05, 3.63) is 29.8 Å². The lowest BCUT2D eigenvalue weighted by atomic mass is 10.1. The number of carbonyl (C=O) groups excluding carboxylic acids is 2. The maximum Gasteiger partial charge on any atom is 0.254 e. The Morgan fingerprint density at radius 2 is 1.86 bits per heavy atom. The van der Waals surface area contributed by atoms with Gasteiger partial charge in [-0.05, 0) is 26.0 Å². The molecule has 0 radical (unpaired) electrons. The van der Waals surface area contributed by atoms with Crippen LogP contribution in [0.1, 0.15) is 24.2 Å². The van der Waals surface area contributed by atoms with Gasteiger partial charge >= 0.3 is 0 Å². The Hall–Kier alpha value is -2.09. The van der Waals surface area contributed by atoms with Gasteiger partial charge < -0.3 is 10.6 Å². The summed E-state index contributed by atoms with van der Waals surface area (Å²) in [5.41, 5.74) is 0.319. The van der Waals surface area contributed by atoms with Crippen LogP contribution in [0.15, 0.2) is 24.3 Å². The van der Waals surface area contributed by atoms with Crippen molar-refractivity contribution in [3.8, 4) is 0 Å². The van der Waals surface area contributed by atoms with Crippen molar-refractivity contribution in [1.82, 2.24) is 10.6 Å². The summed E-state index contributed by atoms with van der Waals surface area (Å²) in [7, 11) is -3.50. The monoisotopic (exact) mass is 313 g/mol. The maximum atomic E-state index is 12.1. The van der Waals surface area contributed by atoms with Crippen molar-refractivity contribution in [2.45, 2.75) is 19.9 Å². The highest BCUT2D eigenvalue weighted by Crippen LogP contribution is 2.16. The predicted molar refractivity (Wildman–Crippen MR) is 80.5 cm³/mol. The molecule has 1 aromatic rings. The fourth-order valence-corrected chi connectivity index (χ4v) is 2.21. The number of hydrogen-bond donors (Lipinski definition) is 3. The summed E-state index contributed by atoms with van der Waals surface area (Å²) in [4.78, 5) is 23.7. The number of para-hydroxylation sites is 1. The molecule has 1 atom stereocenters. The molecule has 0 unspecified atom stereocenters. The first-order valence-electron chi connectivity index (χ1n) is 6.40. The van der Waals surface area contributed by atoms with Crippen molar-refractivity contribution < 1.29 is 18.0 Å². The number of rotatable bonds is 6. The number of amides is 2. The summed E-state index contributed by atoms with van der Waals surface area (Å²) >= 11 is 0. The molecule has 1 aromatic carbocycles. The maximum absolute atomic E-state index is 12.1. The van der Waals surface area contributed by atoms with E-state index in [0.717, 1.165) is 6.26 Å². The lowest BCUT2D eigenvalue weighted by molar-refractivity contribution is -0.122. The van der Waals surface area contributed by atoms with E-state index in [1.54, 1.807) is 26.0 Å². The van der Waals surface area contributed by atoms with Crippen molar-refractivity contribution >= 4 is 27.5 Å². The largest absolute Gasteiger partial charge is 0.355 e. The highest BCUT2D eigenvalue weighted by atomic mass is 32.2. The number of benzene rings is 1. The quantitative estimate of drug-likeness (QED) is 0.703. The van der Waals surface area contributed by atoms with Gasteiger partial charge in [-0.1, -0.05) is 12.1 Å². The second kappa shape index (κ2) is 7.07. The summed E-state index contributed by atoms with van der Waals surface area (Å²) in [6, 6.07) is 5.46. The summed E-state index contributed by atoms with van der Waals surface area (Å²) < 4.78 is 24.8. The van der Waals surface area contributed by atoms with Gasteiger partial charge in [0.25, 0.3) is 5.91 Å². The van der Waals surface area contributed by atoms with Gasteiger partial charge in [-0.15, -0.1) is 0 Å². The average molecular weight is 313 g/mol. The lowest BCUT2D eigenvalue weighted by Gasteiger charge is -2.15. The number of anilines is 1. The Bertz CT molecular complexity index is 628. The van der Waals surface area contributed by atoms with Crippen molar-refractivity contribution in [1.29, 1.82) is 0 Å². The van der Waals surface area contributed by atoms with Gasteiger partial charge in [0.1, 0.15) is 6.04 Å². The molecule has 0 heterocycles. The molecule has 0 aromatic heterocycles. The Morgan fingerprint density at radius 1 is 1.24 bits per heavy atom. The molecule has 3 N–H and O–H groups in total. The van der Waals surface area contributed by atoms with E-state index in [9.17, 15) is 18.0 Å². The first-order chi connectivity index (χ1) is 9.74. The molecule has 7 nitrogen and oxygen atoms in total. The molecule has 0 bridgehead atoms. The first kappa shape index (κ1) is 17.0. The molecule has 0 aliphatic rings. The summed E-state index contributed by atoms with van der Waals surface area (Å²) in [6.45, 7) is 3.79. The molecule has 1 rings (SSSR count). The van der Waals surface area contributed by atoms with Crippen LogP contribution in [-0.4, -0.2) is 39.1 Å². The van der Waals surface area contributed by atoms with Gasteiger partial charge in [0, 0.05) is 6.54 Å². The lowest BCUT2D eigenvalue weighted by Crippen LogP contribution is -2.44. The third-order valence-corrected chi connectivity index (χ3v) is 3.15. The van der Waals surface area contributed by atoms with Gasteiger partial charge in [-0.3, -0.25) is 14.3 Å². The fourth-order valence-electron chi connectivity index (χ4n) is 1.64. The van der Waals surface area contributed by atoms with E-state index < -0.39 is 22.0 Å². The summed E-state index contributed by atoms with van der Waals surface area (Å²) in [6.07, 6.45) is 0.999. The van der Waals surface area contributed by atoms with E-state index in [0.29, 0.717) is 6.54 Å². The van der Waals surface area contributed by atoms with Gasteiger partial charge in [0.15, 0.2) is 0 Å². The molecular weight excluding hydrogens is 294 g/mol. The van der Waals surface area contributed by atoms with Crippen molar-refractivity contribution in [3.63, 3.8) is 0 Å². The minimum absolute atomic E-state index is 0.152. The van der Waals surface area contributed by atoms with Gasteiger partial charge in [-0.25, -0.2) is 8.42 Å². The molecule has 0 saturated heterocycles. The van der Waals surface area contributed by atoms with Gasteiger partial charge in [0.05, 0.1) is 17.5 Å². The SMILES string of the molecule is CCNC(=O)[C@@H](C)NC(=O)c1ccccc1NS(C)(=O)=O. The van der Waals surface area contributed by atoms with Crippen LogP contribution in [0, 0.1) is 0 Å². The summed E-state index contributed by atoms with van der Waals surface area (Å²) in [5, 5.41) is 5.11. The second-order valence-electron chi connectivity index (χ2n) is 4.51. The fraction of sp³-hybridized carbons (Fsp3) is 0.385. The standard InChI is InChI=1S/C13H19N3O4S/c1-4-14-12(17)9(2)15-13(18)10-7-5-6-8-11(10)16-21(3,19)20/h5-9,16H,4H2,1-3H3,(H,14,17)(H,15,18)/t9-/m1/s1. The van der Waals surface area contributed by atoms with E-state index >= 15 is 0 Å². The van der Waals surface area contributed by atoms with Crippen molar-refractivity contribution in [2.75, 3.05) is 17.5 Å². The van der Waals surface area contributed by atoms with E-state index in [2.05, 4.69) is 15.4 Å². The van der Waals surface area contributed by atoms with E-state index in [1.807, 2.05) is 0 Å². The highest BCUT2D eigenvalue weighted by Gasteiger charge is 2.18. The van der Waals surface area contributed by atoms with Crippen LogP contribution in [-0.2, 0) is 14.8 Å². The van der Waals surface area contributed by atoms with E-state index in [4.69, 9.17) is 0 Å². The molecule has 2 amide bonds. The molecular formula is C13H19N3O4S. The van der Waals surface area contributed by atoms with Crippen molar-refractivity contribution in [2.24, 2.45) is 0 Å². The minimum Gasteiger partial charge on any atom is -0.355 e. The second-order valence-corrected chi connectivity index (χ2v) is 6.26. The molecule has 8 heteroatoms. The zero-order chi connectivity index (χ0) is 16.0. The number of carbonyl (C=O) groups is 2. The number of hydrogen-bond acceptors (Lipinski definition) is 4. The minimum atomic E-state index is -3.50. The number of likely N-dealkylation sites (N-methyl/N-ethyl adjacent to an activating group) is 1. The third-order valence-electron chi connectivity index (χ3n) is 2.56. The Labute approximate surface area is 124 Å². The zero-order valence-corrected chi connectivity index (χ0v) is 13.0. The first-order valence-corrected chi connectivity index (χ1v) is 8.29. The Kier molecular flexibility index (Phi) is 5.71. The normalized spacial score (nSPS) is 12.3. The highest BCUT2D eigenvalue weighted by molar-refractivity contribution is 7.92. The van der Waals surface area contributed by atoms with Crippen LogP contribution < -0.4 is 15.4 Å². The zero-order valence-electron chi connectivity index (χ0n) is 12.1. The number of nitrogens with one attached hydrogen (secondary N) is 3. The van der Waals surface area contributed by atoms with E-state index in [1.165, 1.54) is 12.1 Å². The molecule has 0 saturated carbocycles. The predicted octanol–water partition coefficient (Wildman–Crippen LogP) is 0.312. The van der Waals surface area contributed by atoms with Crippen LogP contribution in [0.3, 0.4) is 0 Å². The molecule has 0 spiro atoms. The van der Waals surface area contributed by atoms with Crippen LogP contribution in [0.5, 0.6) is 0 Å². The average Bonchev–Trinajstić information content (AvgIpc) is 2.37. The van der Waals surface area contributed by atoms with Crippen LogP contribution >= 0.6 is 0 Å². The number of sulfonamides is 1. The smallest absolute Gasteiger partial charge is 0.254 e. The Morgan fingerprint density at radius 3 is 2.43 bits per heavy atom. The van der Waals surface area contributed by atoms with Gasteiger partial charge in [0.2, 0.25) is 15.9 Å². The molecule has 0 aliphatic carbocycles. The third kappa shape index (κ3) is 5.42. The molecule has 116 valence electrons. The molecule has 0 fully saturated rings.